The van der Waals surface area contributed by atoms with E-state index in [1.165, 1.54) is 36.5 Å². The van der Waals surface area contributed by atoms with E-state index in [-0.39, 0.29) is 32.9 Å². The highest BCUT2D eigenvalue weighted by Gasteiger charge is 2.28. The molecule has 32 heavy (non-hydrogen) atoms. The lowest BCUT2D eigenvalue weighted by Crippen LogP contribution is -2.09. The third-order valence-electron chi connectivity index (χ3n) is 4.77. The molecule has 0 radical (unpaired) electrons. The van der Waals surface area contributed by atoms with E-state index in [4.69, 9.17) is 16.3 Å². The molecule has 4 aromatic rings. The van der Waals surface area contributed by atoms with Gasteiger partial charge in [0.15, 0.2) is 0 Å². The fraction of sp³-hybridized carbons (Fsp3) is 0.0455. The molecule has 0 saturated carbocycles. The van der Waals surface area contributed by atoms with Crippen molar-refractivity contribution in [3.05, 3.63) is 87.6 Å². The first-order chi connectivity index (χ1) is 15.4. The largest absolute Gasteiger partial charge is 0.465 e. The standard InChI is InChI=1S/C22H14ClFN4O4/c1-32-22(29)14-10-13(12-4-7-25-8-5-12)11-18(21(14)28(30)31)27-17-6-9-26-20-15(23)2-3-16(24)19(17)20/h2-11H,1H3,(H,26,27). The molecule has 1 N–H and O–H groups in total. The number of nitrogens with zero attached hydrogens (tertiary/aromatic N) is 3. The van der Waals surface area contributed by atoms with Crippen molar-refractivity contribution in [2.45, 2.75) is 0 Å². The van der Waals surface area contributed by atoms with Gasteiger partial charge >= 0.3 is 11.7 Å². The average molecular weight is 453 g/mol. The minimum atomic E-state index is -0.885. The fourth-order valence-electron chi connectivity index (χ4n) is 3.35. The minimum Gasteiger partial charge on any atom is -0.465 e. The first-order valence-corrected chi connectivity index (χ1v) is 9.59. The number of fused-ring (bicyclic) bond motifs is 1. The van der Waals surface area contributed by atoms with Gasteiger partial charge in [-0.15, -0.1) is 0 Å². The number of nitro groups is 1. The highest BCUT2D eigenvalue weighted by atomic mass is 35.5. The molecule has 0 atom stereocenters. The topological polar surface area (TPSA) is 107 Å². The number of carbonyl (C=O) groups excluding carboxylic acids is 1. The smallest absolute Gasteiger partial charge is 0.345 e. The van der Waals surface area contributed by atoms with E-state index in [2.05, 4.69) is 15.3 Å². The Labute approximate surface area is 185 Å². The van der Waals surface area contributed by atoms with E-state index in [1.807, 2.05) is 0 Å². The zero-order chi connectivity index (χ0) is 22.8. The van der Waals surface area contributed by atoms with Crippen LogP contribution in [0.25, 0.3) is 22.0 Å². The number of methoxy groups -OCH3 is 1. The van der Waals surface area contributed by atoms with E-state index in [0.717, 1.165) is 7.11 Å². The van der Waals surface area contributed by atoms with Gasteiger partial charge in [-0.3, -0.25) is 20.1 Å². The normalized spacial score (nSPS) is 10.7. The molecule has 0 aliphatic rings. The molecular weight excluding hydrogens is 439 g/mol. The zero-order valence-electron chi connectivity index (χ0n) is 16.5. The number of halogens is 2. The Hall–Kier alpha value is -4.11. The van der Waals surface area contributed by atoms with Crippen LogP contribution in [-0.2, 0) is 4.74 Å². The number of anilines is 2. The maximum Gasteiger partial charge on any atom is 0.345 e. The summed E-state index contributed by atoms with van der Waals surface area (Å²) in [5.74, 6) is -1.49. The Morgan fingerprint density at radius 2 is 1.84 bits per heavy atom. The molecule has 0 aliphatic carbocycles. The van der Waals surface area contributed by atoms with Crippen LogP contribution in [0.1, 0.15) is 10.4 Å². The Bertz CT molecular complexity index is 1370. The molecule has 0 bridgehead atoms. The summed E-state index contributed by atoms with van der Waals surface area (Å²) in [7, 11) is 1.13. The van der Waals surface area contributed by atoms with Crippen molar-refractivity contribution in [2.75, 3.05) is 12.4 Å². The van der Waals surface area contributed by atoms with Crippen molar-refractivity contribution in [1.29, 1.82) is 0 Å². The third kappa shape index (κ3) is 3.81. The van der Waals surface area contributed by atoms with Gasteiger partial charge in [-0.05, 0) is 53.6 Å². The quantitative estimate of drug-likeness (QED) is 0.241. The average Bonchev–Trinajstić information content (AvgIpc) is 2.81. The molecule has 0 saturated heterocycles. The summed E-state index contributed by atoms with van der Waals surface area (Å²) in [6.45, 7) is 0. The molecule has 10 heteroatoms. The number of nitro benzene ring substituents is 1. The van der Waals surface area contributed by atoms with Crippen molar-refractivity contribution in [1.82, 2.24) is 9.97 Å². The molecule has 2 heterocycles. The Morgan fingerprint density at radius 3 is 2.53 bits per heavy atom. The molecule has 160 valence electrons. The monoisotopic (exact) mass is 452 g/mol. The van der Waals surface area contributed by atoms with Crippen LogP contribution in [0.2, 0.25) is 5.02 Å². The van der Waals surface area contributed by atoms with Gasteiger partial charge in [0.1, 0.15) is 17.1 Å². The van der Waals surface area contributed by atoms with Crippen molar-refractivity contribution in [3.63, 3.8) is 0 Å². The second-order valence-corrected chi connectivity index (χ2v) is 7.05. The number of pyridine rings is 2. The van der Waals surface area contributed by atoms with Gasteiger partial charge in [-0.25, -0.2) is 9.18 Å². The van der Waals surface area contributed by atoms with Crippen LogP contribution in [0.15, 0.2) is 61.1 Å². The van der Waals surface area contributed by atoms with Crippen LogP contribution < -0.4 is 5.32 Å². The molecule has 0 amide bonds. The highest BCUT2D eigenvalue weighted by molar-refractivity contribution is 6.35. The maximum absolute atomic E-state index is 14.6. The second-order valence-electron chi connectivity index (χ2n) is 6.64. The van der Waals surface area contributed by atoms with Crippen LogP contribution in [-0.4, -0.2) is 28.0 Å². The molecule has 8 nitrogen and oxygen atoms in total. The van der Waals surface area contributed by atoms with Crippen LogP contribution >= 0.6 is 11.6 Å². The van der Waals surface area contributed by atoms with Gasteiger partial charge in [0.2, 0.25) is 0 Å². The van der Waals surface area contributed by atoms with Crippen LogP contribution in [0, 0.1) is 15.9 Å². The van der Waals surface area contributed by atoms with Gasteiger partial charge in [-0.2, -0.15) is 0 Å². The van der Waals surface area contributed by atoms with Crippen molar-refractivity contribution < 1.29 is 18.8 Å². The maximum atomic E-state index is 14.6. The number of carbonyl (C=O) groups is 1. The Morgan fingerprint density at radius 1 is 1.09 bits per heavy atom. The summed E-state index contributed by atoms with van der Waals surface area (Å²) in [5, 5.41) is 15.1. The fourth-order valence-corrected chi connectivity index (χ4v) is 3.55. The van der Waals surface area contributed by atoms with E-state index in [9.17, 15) is 19.3 Å². The molecular formula is C22H14ClFN4O4. The minimum absolute atomic E-state index is 0.0309. The van der Waals surface area contributed by atoms with Gasteiger partial charge < -0.3 is 10.1 Å². The summed E-state index contributed by atoms with van der Waals surface area (Å²) in [6.07, 6.45) is 4.50. The number of hydrogen-bond donors (Lipinski definition) is 1. The van der Waals surface area contributed by atoms with Crippen LogP contribution in [0.3, 0.4) is 0 Å². The van der Waals surface area contributed by atoms with Gasteiger partial charge in [0, 0.05) is 18.6 Å². The number of ether oxygens (including phenoxy) is 1. The molecule has 0 unspecified atom stereocenters. The number of esters is 1. The molecule has 4 rings (SSSR count). The van der Waals surface area contributed by atoms with Crippen molar-refractivity contribution >= 4 is 45.5 Å². The number of aromatic nitrogens is 2. The van der Waals surface area contributed by atoms with Crippen molar-refractivity contribution in [3.8, 4) is 11.1 Å². The van der Waals surface area contributed by atoms with Gasteiger partial charge in [0.25, 0.3) is 0 Å². The Kier molecular flexibility index (Phi) is 5.65. The van der Waals surface area contributed by atoms with Crippen LogP contribution in [0.4, 0.5) is 21.5 Å². The predicted molar refractivity (Wildman–Crippen MR) is 118 cm³/mol. The zero-order valence-corrected chi connectivity index (χ0v) is 17.3. The van der Waals surface area contributed by atoms with E-state index in [1.54, 1.807) is 24.5 Å². The van der Waals surface area contributed by atoms with Crippen LogP contribution in [0.5, 0.6) is 0 Å². The van der Waals surface area contributed by atoms with E-state index >= 15 is 0 Å². The number of hydrogen-bond acceptors (Lipinski definition) is 7. The second kappa shape index (κ2) is 8.56. The third-order valence-corrected chi connectivity index (χ3v) is 5.08. The molecule has 2 aromatic heterocycles. The lowest BCUT2D eigenvalue weighted by atomic mass is 10.0. The summed E-state index contributed by atoms with van der Waals surface area (Å²) < 4.78 is 19.4. The SMILES string of the molecule is COC(=O)c1cc(-c2ccncc2)cc(Nc2ccnc3c(Cl)ccc(F)c23)c1[N+](=O)[O-]. The summed E-state index contributed by atoms with van der Waals surface area (Å²) in [6, 6.07) is 10.3. The lowest BCUT2D eigenvalue weighted by Gasteiger charge is -2.14. The molecule has 0 spiro atoms. The number of nitrogens with one attached hydrogen (secondary N) is 1. The molecule has 2 aromatic carbocycles. The van der Waals surface area contributed by atoms with Crippen molar-refractivity contribution in [2.24, 2.45) is 0 Å². The summed E-state index contributed by atoms with van der Waals surface area (Å²) >= 11 is 6.14. The first-order valence-electron chi connectivity index (χ1n) is 9.21. The predicted octanol–water partition coefficient (Wildman–Crippen LogP) is 5.53. The van der Waals surface area contributed by atoms with E-state index < -0.39 is 22.4 Å². The highest BCUT2D eigenvalue weighted by Crippen LogP contribution is 2.39. The first kappa shape index (κ1) is 21.1. The number of rotatable bonds is 5. The number of benzene rings is 2. The Balaban J connectivity index is 1.98. The summed E-state index contributed by atoms with van der Waals surface area (Å²) in [5.41, 5.74) is 0.748. The summed E-state index contributed by atoms with van der Waals surface area (Å²) in [4.78, 5) is 31.7. The molecule has 0 aliphatic heterocycles. The van der Waals surface area contributed by atoms with Gasteiger partial charge in [0.05, 0.1) is 33.6 Å². The molecule has 0 fully saturated rings. The van der Waals surface area contributed by atoms with E-state index in [0.29, 0.717) is 11.1 Å². The van der Waals surface area contributed by atoms with Gasteiger partial charge in [-0.1, -0.05) is 11.6 Å². The lowest BCUT2D eigenvalue weighted by molar-refractivity contribution is -0.384.